The van der Waals surface area contributed by atoms with Gasteiger partial charge in [0, 0.05) is 40.9 Å². The first-order valence-corrected chi connectivity index (χ1v) is 16.1. The first-order chi connectivity index (χ1) is 21.9. The second kappa shape index (κ2) is 14.9. The summed E-state index contributed by atoms with van der Waals surface area (Å²) >= 11 is 3.66. The zero-order valence-corrected chi connectivity index (χ0v) is 26.7. The van der Waals surface area contributed by atoms with E-state index in [0.29, 0.717) is 48.6 Å². The molecule has 1 aliphatic carbocycles. The lowest BCUT2D eigenvalue weighted by molar-refractivity contribution is -0.130. The standard InChI is InChI=1S/C34H38BrN5O5/c35-29-12-5-3-9-25(29)21-34(32(42)37-23-33(43)17-6-1-7-18-33)30(28-11-4-2-10-26(28)22-38-40-36)45-31(39-34)24-13-15-27(16-14-24)44-20-8-19-41/h2-5,9-16,30,41,43H,1,6-8,17-23H2,(H,37,42)/t30-,34-/m1/s1. The van der Waals surface area contributed by atoms with Crippen LogP contribution in [0.2, 0.25) is 0 Å². The summed E-state index contributed by atoms with van der Waals surface area (Å²) in [6, 6.07) is 22.4. The Balaban J connectivity index is 1.59. The van der Waals surface area contributed by atoms with Crippen LogP contribution in [0.25, 0.3) is 10.4 Å². The normalized spacial score (nSPS) is 20.4. The van der Waals surface area contributed by atoms with Crippen LogP contribution in [0.1, 0.15) is 66.9 Å². The molecule has 0 saturated heterocycles. The average Bonchev–Trinajstić information content (AvgIpc) is 3.45. The molecule has 3 N–H and O–H groups in total. The van der Waals surface area contributed by atoms with Crippen LogP contribution in [0.15, 0.2) is 87.4 Å². The molecular weight excluding hydrogens is 638 g/mol. The van der Waals surface area contributed by atoms with E-state index in [1.165, 1.54) is 0 Å². The van der Waals surface area contributed by atoms with Crippen molar-refractivity contribution in [1.29, 1.82) is 0 Å². The molecule has 0 spiro atoms. The number of aliphatic hydroxyl groups is 2. The Labute approximate surface area is 271 Å². The second-order valence-electron chi connectivity index (χ2n) is 11.6. The Bertz CT molecular complexity index is 1550. The summed E-state index contributed by atoms with van der Waals surface area (Å²) in [5, 5.41) is 27.2. The van der Waals surface area contributed by atoms with Gasteiger partial charge in [0.05, 0.1) is 18.8 Å². The predicted molar refractivity (Wildman–Crippen MR) is 175 cm³/mol. The Morgan fingerprint density at radius 1 is 1.07 bits per heavy atom. The van der Waals surface area contributed by atoms with Gasteiger partial charge >= 0.3 is 0 Å². The molecular formula is C34H38BrN5O5. The third-order valence-corrected chi connectivity index (χ3v) is 9.23. The summed E-state index contributed by atoms with van der Waals surface area (Å²) < 4.78 is 13.2. The summed E-state index contributed by atoms with van der Waals surface area (Å²) in [6.45, 7) is 0.624. The molecule has 2 aliphatic rings. The molecule has 1 saturated carbocycles. The summed E-state index contributed by atoms with van der Waals surface area (Å²) in [4.78, 5) is 22.7. The van der Waals surface area contributed by atoms with Crippen LogP contribution in [-0.4, -0.2) is 52.9 Å². The van der Waals surface area contributed by atoms with Gasteiger partial charge in [-0.2, -0.15) is 0 Å². The molecule has 1 fully saturated rings. The molecule has 236 valence electrons. The van der Waals surface area contributed by atoms with Gasteiger partial charge in [-0.1, -0.05) is 82.8 Å². The van der Waals surface area contributed by atoms with E-state index in [-0.39, 0.29) is 32.0 Å². The van der Waals surface area contributed by atoms with Crippen molar-refractivity contribution in [3.63, 3.8) is 0 Å². The van der Waals surface area contributed by atoms with Crippen LogP contribution >= 0.6 is 15.9 Å². The first kappa shape index (κ1) is 32.5. The van der Waals surface area contributed by atoms with Crippen molar-refractivity contribution in [2.45, 2.75) is 68.7 Å². The van der Waals surface area contributed by atoms with Gasteiger partial charge in [-0.3, -0.25) is 4.79 Å². The van der Waals surface area contributed by atoms with Crippen molar-refractivity contribution in [2.75, 3.05) is 19.8 Å². The van der Waals surface area contributed by atoms with Crippen molar-refractivity contribution in [3.8, 4) is 5.75 Å². The number of benzene rings is 3. The van der Waals surface area contributed by atoms with E-state index in [1.54, 1.807) is 12.1 Å². The minimum absolute atomic E-state index is 0.0460. The second-order valence-corrected chi connectivity index (χ2v) is 12.5. The SMILES string of the molecule is [N-]=[N+]=NCc1ccccc1[C@H]1OC(c2ccc(OCCCO)cc2)=N[C@@]1(Cc1ccccc1Br)C(=O)NCC1(O)CCCCC1. The largest absolute Gasteiger partial charge is 0.494 e. The molecule has 45 heavy (non-hydrogen) atoms. The zero-order chi connectivity index (χ0) is 31.7. The van der Waals surface area contributed by atoms with Crippen LogP contribution < -0.4 is 10.1 Å². The fourth-order valence-corrected chi connectivity index (χ4v) is 6.44. The Morgan fingerprint density at radius 2 is 1.78 bits per heavy atom. The van der Waals surface area contributed by atoms with Gasteiger partial charge in [0.15, 0.2) is 11.6 Å². The molecule has 10 nitrogen and oxygen atoms in total. The van der Waals surface area contributed by atoms with Gasteiger partial charge < -0.3 is 25.0 Å². The Morgan fingerprint density at radius 3 is 2.49 bits per heavy atom. The number of aliphatic imine (C=N–C) groups is 1. The third-order valence-electron chi connectivity index (χ3n) is 8.45. The molecule has 0 aromatic heterocycles. The highest BCUT2D eigenvalue weighted by Gasteiger charge is 2.54. The predicted octanol–water partition coefficient (Wildman–Crippen LogP) is 6.33. The number of ether oxygens (including phenoxy) is 2. The van der Waals surface area contributed by atoms with E-state index in [0.717, 1.165) is 34.9 Å². The quantitative estimate of drug-likeness (QED) is 0.0837. The highest BCUT2D eigenvalue weighted by molar-refractivity contribution is 9.10. The van der Waals surface area contributed by atoms with Gasteiger partial charge in [0.1, 0.15) is 5.75 Å². The van der Waals surface area contributed by atoms with Gasteiger partial charge in [-0.05, 0) is 65.4 Å². The highest BCUT2D eigenvalue weighted by Crippen LogP contribution is 2.44. The summed E-state index contributed by atoms with van der Waals surface area (Å²) in [5.74, 6) is 0.568. The van der Waals surface area contributed by atoms with Crippen LogP contribution in [0.3, 0.4) is 0 Å². The molecule has 1 amide bonds. The lowest BCUT2D eigenvalue weighted by atomic mass is 9.80. The highest BCUT2D eigenvalue weighted by atomic mass is 79.9. The first-order valence-electron chi connectivity index (χ1n) is 15.3. The number of aliphatic hydroxyl groups excluding tert-OH is 1. The third kappa shape index (κ3) is 7.68. The Kier molecular flexibility index (Phi) is 10.8. The van der Waals surface area contributed by atoms with Gasteiger partial charge in [-0.15, -0.1) is 0 Å². The van der Waals surface area contributed by atoms with E-state index in [9.17, 15) is 9.90 Å². The topological polar surface area (TPSA) is 149 Å². The average molecular weight is 677 g/mol. The van der Waals surface area contributed by atoms with Crippen LogP contribution in [0.5, 0.6) is 5.75 Å². The van der Waals surface area contributed by atoms with Crippen LogP contribution in [0, 0.1) is 0 Å². The van der Waals surface area contributed by atoms with Crippen LogP contribution in [0.4, 0.5) is 0 Å². The number of nitrogens with zero attached hydrogens (tertiary/aromatic N) is 4. The van der Waals surface area contributed by atoms with Gasteiger partial charge in [0.2, 0.25) is 5.90 Å². The number of halogens is 1. The molecule has 1 aliphatic heterocycles. The monoisotopic (exact) mass is 675 g/mol. The molecule has 3 aromatic carbocycles. The molecule has 11 heteroatoms. The maximum absolute atomic E-state index is 14.6. The lowest BCUT2D eigenvalue weighted by Gasteiger charge is -2.35. The van der Waals surface area contributed by atoms with E-state index >= 15 is 0 Å². The van der Waals surface area contributed by atoms with E-state index in [2.05, 4.69) is 31.3 Å². The molecule has 0 unspecified atom stereocenters. The van der Waals surface area contributed by atoms with Crippen molar-refractivity contribution < 1.29 is 24.5 Å². The fourth-order valence-electron chi connectivity index (χ4n) is 6.02. The molecule has 1 heterocycles. The van der Waals surface area contributed by atoms with Crippen LogP contribution in [-0.2, 0) is 22.5 Å². The van der Waals surface area contributed by atoms with Gasteiger partial charge in [0.25, 0.3) is 5.91 Å². The minimum Gasteiger partial charge on any atom is -0.494 e. The number of rotatable bonds is 13. The molecule has 2 atom stereocenters. The number of amides is 1. The lowest BCUT2D eigenvalue weighted by Crippen LogP contribution is -2.54. The summed E-state index contributed by atoms with van der Waals surface area (Å²) in [5.41, 5.74) is 9.58. The van der Waals surface area contributed by atoms with Crippen molar-refractivity contribution in [3.05, 3.63) is 110 Å². The molecule has 5 rings (SSSR count). The number of hydrogen-bond acceptors (Lipinski definition) is 7. The number of nitrogens with one attached hydrogen (secondary N) is 1. The Hall–Kier alpha value is -3.89. The summed E-state index contributed by atoms with van der Waals surface area (Å²) in [6.07, 6.45) is 4.00. The van der Waals surface area contributed by atoms with E-state index in [4.69, 9.17) is 25.1 Å². The smallest absolute Gasteiger partial charge is 0.252 e. The zero-order valence-electron chi connectivity index (χ0n) is 25.1. The molecule has 0 radical (unpaired) electrons. The number of azide groups is 1. The maximum Gasteiger partial charge on any atom is 0.252 e. The van der Waals surface area contributed by atoms with Crippen molar-refractivity contribution in [1.82, 2.24) is 5.32 Å². The summed E-state index contributed by atoms with van der Waals surface area (Å²) in [7, 11) is 0. The minimum atomic E-state index is -1.47. The van der Waals surface area contributed by atoms with Crippen molar-refractivity contribution >= 4 is 27.7 Å². The van der Waals surface area contributed by atoms with Gasteiger partial charge in [-0.25, -0.2) is 4.99 Å². The van der Waals surface area contributed by atoms with Crippen molar-refractivity contribution in [2.24, 2.45) is 10.1 Å². The van der Waals surface area contributed by atoms with E-state index in [1.807, 2.05) is 60.7 Å². The molecule has 0 bridgehead atoms. The molecule has 3 aromatic rings. The number of carbonyl (C=O) groups is 1. The van der Waals surface area contributed by atoms with E-state index < -0.39 is 17.2 Å². The number of hydrogen-bond donors (Lipinski definition) is 3. The maximum atomic E-state index is 14.6. The fraction of sp³-hybridized carbons (Fsp3) is 0.412. The number of carbonyl (C=O) groups excluding carboxylic acids is 1.